The summed E-state index contributed by atoms with van der Waals surface area (Å²) in [6.45, 7) is -0.0443. The number of rotatable bonds is 3. The number of hydrogen-bond acceptors (Lipinski definition) is 2. The third-order valence-electron chi connectivity index (χ3n) is 1.65. The zero-order valence-corrected chi connectivity index (χ0v) is 6.70. The summed E-state index contributed by atoms with van der Waals surface area (Å²) in [4.78, 5) is 0. The Morgan fingerprint density at radius 3 is 2.42 bits per heavy atom. The summed E-state index contributed by atoms with van der Waals surface area (Å²) < 4.78 is 12.4. The van der Waals surface area contributed by atoms with E-state index in [2.05, 4.69) is 0 Å². The maximum atomic E-state index is 12.4. The fourth-order valence-corrected chi connectivity index (χ4v) is 0.988. The van der Waals surface area contributed by atoms with Crippen LogP contribution in [0.3, 0.4) is 0 Å². The van der Waals surface area contributed by atoms with Gasteiger partial charge in [-0.25, -0.2) is 4.39 Å². The molecule has 0 saturated carbocycles. The Bertz CT molecular complexity index is 235. The normalized spacial score (nSPS) is 12.9. The smallest absolute Gasteiger partial charge is 0.123 e. The van der Waals surface area contributed by atoms with E-state index < -0.39 is 0 Å². The maximum Gasteiger partial charge on any atom is 0.123 e. The predicted molar refractivity (Wildman–Crippen MR) is 45.2 cm³/mol. The highest BCUT2D eigenvalue weighted by molar-refractivity contribution is 5.16. The van der Waals surface area contributed by atoms with Gasteiger partial charge in [0.25, 0.3) is 0 Å². The maximum absolute atomic E-state index is 12.4. The monoisotopic (exact) mass is 169 g/mol. The minimum absolute atomic E-state index is 0.0443. The Hall–Kier alpha value is -0.930. The van der Waals surface area contributed by atoms with E-state index in [1.807, 2.05) is 0 Å². The molecule has 1 atom stereocenters. The van der Waals surface area contributed by atoms with Gasteiger partial charge >= 0.3 is 0 Å². The molecule has 3 N–H and O–H groups in total. The first kappa shape index (κ1) is 9.16. The van der Waals surface area contributed by atoms with Crippen molar-refractivity contribution in [3.05, 3.63) is 35.6 Å². The Balaban J connectivity index is 2.58. The van der Waals surface area contributed by atoms with Crippen molar-refractivity contribution in [1.29, 1.82) is 0 Å². The molecule has 0 aliphatic carbocycles. The molecule has 2 nitrogen and oxygen atoms in total. The van der Waals surface area contributed by atoms with Gasteiger partial charge in [-0.3, -0.25) is 0 Å². The van der Waals surface area contributed by atoms with Crippen LogP contribution in [0.5, 0.6) is 0 Å². The standard InChI is InChI=1S/C9H12FNO/c10-8-3-1-7(2-4-8)5-9(11)6-12/h1-4,9,12H,5-6,11H2/t9-/m0/s1. The third-order valence-corrected chi connectivity index (χ3v) is 1.65. The number of aliphatic hydroxyl groups is 1. The van der Waals surface area contributed by atoms with E-state index in [1.54, 1.807) is 12.1 Å². The van der Waals surface area contributed by atoms with Crippen LogP contribution in [0.25, 0.3) is 0 Å². The molecule has 0 amide bonds. The molecule has 1 rings (SSSR count). The van der Waals surface area contributed by atoms with Crippen LogP contribution in [0.4, 0.5) is 4.39 Å². The minimum Gasteiger partial charge on any atom is -0.395 e. The Labute approximate surface area is 70.8 Å². The zero-order valence-electron chi connectivity index (χ0n) is 6.70. The number of hydrogen-bond donors (Lipinski definition) is 2. The van der Waals surface area contributed by atoms with E-state index in [4.69, 9.17) is 10.8 Å². The van der Waals surface area contributed by atoms with Gasteiger partial charge in [-0.15, -0.1) is 0 Å². The second-order valence-electron chi connectivity index (χ2n) is 2.77. The molecule has 66 valence electrons. The molecule has 1 aromatic carbocycles. The van der Waals surface area contributed by atoms with Crippen LogP contribution >= 0.6 is 0 Å². The molecule has 0 aromatic heterocycles. The van der Waals surface area contributed by atoms with E-state index >= 15 is 0 Å². The molecule has 0 heterocycles. The zero-order chi connectivity index (χ0) is 8.97. The highest BCUT2D eigenvalue weighted by Crippen LogP contribution is 2.04. The van der Waals surface area contributed by atoms with Crippen LogP contribution in [0, 0.1) is 5.82 Å². The molecule has 0 aliphatic heterocycles. The first-order valence-corrected chi connectivity index (χ1v) is 3.83. The van der Waals surface area contributed by atoms with Crippen molar-refractivity contribution in [3.63, 3.8) is 0 Å². The largest absolute Gasteiger partial charge is 0.395 e. The molecule has 0 radical (unpaired) electrons. The van der Waals surface area contributed by atoms with Crippen LogP contribution in [-0.2, 0) is 6.42 Å². The van der Waals surface area contributed by atoms with E-state index in [0.29, 0.717) is 6.42 Å². The predicted octanol–water partition coefficient (Wildman–Crippen LogP) is 0.688. The van der Waals surface area contributed by atoms with Gasteiger partial charge in [0, 0.05) is 6.04 Å². The Kier molecular flexibility index (Phi) is 3.19. The molecule has 0 aliphatic rings. The molecule has 3 heteroatoms. The number of benzene rings is 1. The van der Waals surface area contributed by atoms with Crippen molar-refractivity contribution in [2.45, 2.75) is 12.5 Å². The third kappa shape index (κ3) is 2.60. The second kappa shape index (κ2) is 4.18. The van der Waals surface area contributed by atoms with Gasteiger partial charge in [0.1, 0.15) is 5.82 Å². The van der Waals surface area contributed by atoms with Crippen LogP contribution in [0.15, 0.2) is 24.3 Å². The van der Waals surface area contributed by atoms with Crippen LogP contribution in [0.2, 0.25) is 0 Å². The SMILES string of the molecule is N[C@H](CO)Cc1ccc(F)cc1. The molecule has 0 bridgehead atoms. The molecule has 0 saturated heterocycles. The first-order valence-electron chi connectivity index (χ1n) is 3.83. The van der Waals surface area contributed by atoms with Gasteiger partial charge in [-0.2, -0.15) is 0 Å². The van der Waals surface area contributed by atoms with Crippen molar-refractivity contribution in [1.82, 2.24) is 0 Å². The second-order valence-corrected chi connectivity index (χ2v) is 2.77. The minimum atomic E-state index is -0.254. The van der Waals surface area contributed by atoms with Gasteiger partial charge < -0.3 is 10.8 Å². The van der Waals surface area contributed by atoms with E-state index in [9.17, 15) is 4.39 Å². The summed E-state index contributed by atoms with van der Waals surface area (Å²) in [5.74, 6) is -0.253. The van der Waals surface area contributed by atoms with Crippen molar-refractivity contribution in [2.24, 2.45) is 5.73 Å². The quantitative estimate of drug-likeness (QED) is 0.699. The first-order chi connectivity index (χ1) is 5.72. The number of halogens is 1. The van der Waals surface area contributed by atoms with Gasteiger partial charge in [-0.05, 0) is 24.1 Å². The highest BCUT2D eigenvalue weighted by Gasteiger charge is 2.01. The lowest BCUT2D eigenvalue weighted by Gasteiger charge is -2.06. The molecule has 0 spiro atoms. The van der Waals surface area contributed by atoms with Crippen molar-refractivity contribution < 1.29 is 9.50 Å². The fourth-order valence-electron chi connectivity index (χ4n) is 0.988. The molecular formula is C9H12FNO. The van der Waals surface area contributed by atoms with Crippen LogP contribution in [0.1, 0.15) is 5.56 Å². The average Bonchev–Trinajstić information content (AvgIpc) is 2.09. The summed E-state index contributed by atoms with van der Waals surface area (Å²) in [6.07, 6.45) is 0.580. The molecule has 12 heavy (non-hydrogen) atoms. The topological polar surface area (TPSA) is 46.2 Å². The summed E-state index contributed by atoms with van der Waals surface area (Å²) in [7, 11) is 0. The lowest BCUT2D eigenvalue weighted by molar-refractivity contribution is 0.265. The number of aliphatic hydroxyl groups excluding tert-OH is 1. The Morgan fingerprint density at radius 1 is 1.33 bits per heavy atom. The lowest BCUT2D eigenvalue weighted by Crippen LogP contribution is -2.26. The molecular weight excluding hydrogens is 157 g/mol. The summed E-state index contributed by atoms with van der Waals surface area (Å²) >= 11 is 0. The van der Waals surface area contributed by atoms with Gasteiger partial charge in [-0.1, -0.05) is 12.1 Å². The lowest BCUT2D eigenvalue weighted by atomic mass is 10.1. The summed E-state index contributed by atoms with van der Waals surface area (Å²) in [5.41, 5.74) is 6.44. The molecule has 0 unspecified atom stereocenters. The fraction of sp³-hybridized carbons (Fsp3) is 0.333. The van der Waals surface area contributed by atoms with E-state index in [0.717, 1.165) is 5.56 Å². The van der Waals surface area contributed by atoms with Crippen molar-refractivity contribution in [2.75, 3.05) is 6.61 Å². The van der Waals surface area contributed by atoms with Crippen LogP contribution < -0.4 is 5.73 Å². The Morgan fingerprint density at radius 2 is 1.92 bits per heavy atom. The van der Waals surface area contributed by atoms with Crippen molar-refractivity contribution in [3.8, 4) is 0 Å². The molecule has 0 fully saturated rings. The highest BCUT2D eigenvalue weighted by atomic mass is 19.1. The van der Waals surface area contributed by atoms with Gasteiger partial charge in [0.05, 0.1) is 6.61 Å². The van der Waals surface area contributed by atoms with E-state index in [1.165, 1.54) is 12.1 Å². The van der Waals surface area contributed by atoms with Crippen LogP contribution in [-0.4, -0.2) is 17.8 Å². The number of nitrogens with two attached hydrogens (primary N) is 1. The van der Waals surface area contributed by atoms with Crippen molar-refractivity contribution >= 4 is 0 Å². The van der Waals surface area contributed by atoms with Gasteiger partial charge in [0.15, 0.2) is 0 Å². The summed E-state index contributed by atoms with van der Waals surface area (Å²) in [5, 5.41) is 8.65. The summed E-state index contributed by atoms with van der Waals surface area (Å²) in [6, 6.07) is 5.87. The molecule has 1 aromatic rings. The average molecular weight is 169 g/mol. The van der Waals surface area contributed by atoms with E-state index in [-0.39, 0.29) is 18.5 Å². The van der Waals surface area contributed by atoms with Gasteiger partial charge in [0.2, 0.25) is 0 Å².